The molecule has 0 saturated carbocycles. The zero-order valence-corrected chi connectivity index (χ0v) is 21.5. The number of hydrogen-bond donors (Lipinski definition) is 1. The largest absolute Gasteiger partial charge is 0.493 e. The second-order valence-corrected chi connectivity index (χ2v) is 9.36. The van der Waals surface area contributed by atoms with Gasteiger partial charge in [0, 0.05) is 37.9 Å². The molecule has 1 heterocycles. The number of aryl methyl sites for hydroxylation is 2. The van der Waals surface area contributed by atoms with Crippen LogP contribution >= 0.6 is 0 Å². The molecule has 0 bridgehead atoms. The molecule has 2 aromatic carbocycles. The molecule has 1 aliphatic rings. The zero-order valence-electron chi connectivity index (χ0n) is 21.5. The van der Waals surface area contributed by atoms with Crippen molar-refractivity contribution in [2.75, 3.05) is 51.8 Å². The van der Waals surface area contributed by atoms with Gasteiger partial charge in [-0.15, -0.1) is 0 Å². The van der Waals surface area contributed by atoms with Crippen LogP contribution in [0.4, 0.5) is 5.69 Å². The van der Waals surface area contributed by atoms with E-state index in [4.69, 9.17) is 9.47 Å². The smallest absolute Gasteiger partial charge is 0.246 e. The summed E-state index contributed by atoms with van der Waals surface area (Å²) in [6.45, 7) is 11.6. The molecule has 1 fully saturated rings. The highest BCUT2D eigenvalue weighted by Gasteiger charge is 2.21. The van der Waals surface area contributed by atoms with E-state index in [9.17, 15) is 9.59 Å². The molecule has 0 atom stereocenters. The van der Waals surface area contributed by atoms with Crippen molar-refractivity contribution < 1.29 is 19.1 Å². The number of hydrogen-bond acceptors (Lipinski definition) is 5. The van der Waals surface area contributed by atoms with Crippen LogP contribution in [-0.2, 0) is 9.59 Å². The number of para-hydroxylation sites is 1. The maximum atomic E-state index is 12.7. The second kappa shape index (κ2) is 12.4. The Morgan fingerprint density at radius 2 is 1.71 bits per heavy atom. The number of methoxy groups -OCH3 is 1. The molecule has 2 amide bonds. The molecule has 1 N–H and O–H groups in total. The summed E-state index contributed by atoms with van der Waals surface area (Å²) >= 11 is 0. The number of ether oxygens (including phenoxy) is 2. The van der Waals surface area contributed by atoms with Crippen LogP contribution in [0.3, 0.4) is 0 Å². The predicted octanol–water partition coefficient (Wildman–Crippen LogP) is 4.14. The summed E-state index contributed by atoms with van der Waals surface area (Å²) in [5.74, 6) is 1.69. The number of amides is 2. The second-order valence-electron chi connectivity index (χ2n) is 9.36. The van der Waals surface area contributed by atoms with E-state index in [0.29, 0.717) is 56.7 Å². The number of nitrogens with one attached hydrogen (secondary N) is 1. The van der Waals surface area contributed by atoms with Gasteiger partial charge in [-0.25, -0.2) is 0 Å². The SMILES string of the molecule is COc1cc(/C=C/C(=O)N2CCN(CC(=O)Nc3c(C)cccc3C)CC2)ccc1OCC(C)C. The number of anilines is 1. The van der Waals surface area contributed by atoms with Crippen molar-refractivity contribution in [2.45, 2.75) is 27.7 Å². The van der Waals surface area contributed by atoms with Crippen LogP contribution in [0.5, 0.6) is 11.5 Å². The van der Waals surface area contributed by atoms with Crippen LogP contribution in [0.1, 0.15) is 30.5 Å². The van der Waals surface area contributed by atoms with Gasteiger partial charge in [-0.1, -0.05) is 38.1 Å². The van der Waals surface area contributed by atoms with E-state index in [0.717, 1.165) is 22.4 Å². The topological polar surface area (TPSA) is 71.1 Å². The standard InChI is InChI=1S/C28H37N3O4/c1-20(2)19-35-24-11-9-23(17-25(24)34-5)10-12-27(33)31-15-13-30(14-16-31)18-26(32)29-28-21(3)7-6-8-22(28)4/h6-12,17,20H,13-16,18-19H2,1-5H3,(H,29,32)/b12-10+. The summed E-state index contributed by atoms with van der Waals surface area (Å²) in [6.07, 6.45) is 3.38. The Hall–Kier alpha value is -3.32. The molecule has 1 aliphatic heterocycles. The highest BCUT2D eigenvalue weighted by atomic mass is 16.5. The third-order valence-corrected chi connectivity index (χ3v) is 5.97. The van der Waals surface area contributed by atoms with E-state index < -0.39 is 0 Å². The minimum atomic E-state index is -0.0382. The zero-order chi connectivity index (χ0) is 25.4. The van der Waals surface area contributed by atoms with Gasteiger partial charge in [0.25, 0.3) is 0 Å². The lowest BCUT2D eigenvalue weighted by molar-refractivity contribution is -0.127. The summed E-state index contributed by atoms with van der Waals surface area (Å²) in [4.78, 5) is 29.1. The minimum Gasteiger partial charge on any atom is -0.493 e. The van der Waals surface area contributed by atoms with Gasteiger partial charge < -0.3 is 19.7 Å². The lowest BCUT2D eigenvalue weighted by Crippen LogP contribution is -2.50. The van der Waals surface area contributed by atoms with E-state index in [-0.39, 0.29) is 11.8 Å². The van der Waals surface area contributed by atoms with E-state index in [1.807, 2.05) is 55.1 Å². The van der Waals surface area contributed by atoms with Crippen LogP contribution in [-0.4, -0.2) is 68.1 Å². The molecular formula is C28H37N3O4. The summed E-state index contributed by atoms with van der Waals surface area (Å²) in [7, 11) is 1.61. The number of nitrogens with zero attached hydrogens (tertiary/aromatic N) is 2. The Balaban J connectivity index is 1.49. The number of carbonyl (C=O) groups excluding carboxylic acids is 2. The van der Waals surface area contributed by atoms with Crippen molar-refractivity contribution in [1.29, 1.82) is 0 Å². The maximum absolute atomic E-state index is 12.7. The number of carbonyl (C=O) groups is 2. The minimum absolute atomic E-state index is 0.0307. The molecule has 0 unspecified atom stereocenters. The average molecular weight is 480 g/mol. The monoisotopic (exact) mass is 479 g/mol. The summed E-state index contributed by atoms with van der Waals surface area (Å²) in [5, 5.41) is 3.03. The van der Waals surface area contributed by atoms with Crippen LogP contribution in [0.15, 0.2) is 42.5 Å². The first kappa shape index (κ1) is 26.3. The molecule has 3 rings (SSSR count). The van der Waals surface area contributed by atoms with Gasteiger partial charge in [0.1, 0.15) is 0 Å². The molecule has 0 spiro atoms. The van der Waals surface area contributed by atoms with E-state index >= 15 is 0 Å². The quantitative estimate of drug-likeness (QED) is 0.548. The van der Waals surface area contributed by atoms with Gasteiger partial charge >= 0.3 is 0 Å². The van der Waals surface area contributed by atoms with Crippen LogP contribution < -0.4 is 14.8 Å². The van der Waals surface area contributed by atoms with Crippen LogP contribution in [0.25, 0.3) is 6.08 Å². The lowest BCUT2D eigenvalue weighted by atomic mass is 10.1. The Morgan fingerprint density at radius 3 is 2.34 bits per heavy atom. The molecule has 0 radical (unpaired) electrons. The normalized spacial score (nSPS) is 14.4. The molecule has 7 heteroatoms. The highest BCUT2D eigenvalue weighted by molar-refractivity contribution is 5.94. The molecule has 35 heavy (non-hydrogen) atoms. The fraction of sp³-hybridized carbons (Fsp3) is 0.429. The van der Waals surface area contributed by atoms with Crippen molar-refractivity contribution in [3.8, 4) is 11.5 Å². The fourth-order valence-electron chi connectivity index (χ4n) is 3.96. The van der Waals surface area contributed by atoms with Gasteiger partial charge in [0.05, 0.1) is 20.3 Å². The van der Waals surface area contributed by atoms with Crippen molar-refractivity contribution in [1.82, 2.24) is 9.80 Å². The van der Waals surface area contributed by atoms with Crippen molar-refractivity contribution >= 4 is 23.6 Å². The molecule has 2 aromatic rings. The molecular weight excluding hydrogens is 442 g/mol. The van der Waals surface area contributed by atoms with Gasteiger partial charge in [-0.2, -0.15) is 0 Å². The Kier molecular flexibility index (Phi) is 9.32. The maximum Gasteiger partial charge on any atom is 0.246 e. The lowest BCUT2D eigenvalue weighted by Gasteiger charge is -2.33. The van der Waals surface area contributed by atoms with Gasteiger partial charge in [-0.05, 0) is 54.7 Å². The number of rotatable bonds is 9. The predicted molar refractivity (Wildman–Crippen MR) is 140 cm³/mol. The first-order chi connectivity index (χ1) is 16.8. The highest BCUT2D eigenvalue weighted by Crippen LogP contribution is 2.29. The summed E-state index contributed by atoms with van der Waals surface area (Å²) < 4.78 is 11.2. The third-order valence-electron chi connectivity index (χ3n) is 5.97. The molecule has 0 aromatic heterocycles. The average Bonchev–Trinajstić information content (AvgIpc) is 2.84. The van der Waals surface area contributed by atoms with Crippen molar-refractivity contribution in [3.63, 3.8) is 0 Å². The molecule has 1 saturated heterocycles. The molecule has 7 nitrogen and oxygen atoms in total. The Morgan fingerprint density at radius 1 is 1.03 bits per heavy atom. The summed E-state index contributed by atoms with van der Waals surface area (Å²) in [5.41, 5.74) is 3.85. The molecule has 188 valence electrons. The third kappa shape index (κ3) is 7.59. The van der Waals surface area contributed by atoms with Crippen molar-refractivity contribution in [3.05, 3.63) is 59.2 Å². The van der Waals surface area contributed by atoms with Gasteiger partial charge in [-0.3, -0.25) is 14.5 Å². The van der Waals surface area contributed by atoms with Crippen LogP contribution in [0, 0.1) is 19.8 Å². The van der Waals surface area contributed by atoms with Crippen molar-refractivity contribution in [2.24, 2.45) is 5.92 Å². The van der Waals surface area contributed by atoms with E-state index in [2.05, 4.69) is 24.1 Å². The first-order valence-corrected chi connectivity index (χ1v) is 12.1. The Labute approximate surface area is 208 Å². The molecule has 0 aliphatic carbocycles. The van der Waals surface area contributed by atoms with E-state index in [1.165, 1.54) is 0 Å². The number of benzene rings is 2. The fourth-order valence-corrected chi connectivity index (χ4v) is 3.96. The number of piperazine rings is 1. The first-order valence-electron chi connectivity index (χ1n) is 12.1. The van der Waals surface area contributed by atoms with Gasteiger partial charge in [0.2, 0.25) is 11.8 Å². The van der Waals surface area contributed by atoms with Crippen LogP contribution in [0.2, 0.25) is 0 Å². The summed E-state index contributed by atoms with van der Waals surface area (Å²) in [6, 6.07) is 11.6. The Bertz CT molecular complexity index is 1040. The van der Waals surface area contributed by atoms with E-state index in [1.54, 1.807) is 19.3 Å². The van der Waals surface area contributed by atoms with Gasteiger partial charge in [0.15, 0.2) is 11.5 Å².